The van der Waals surface area contributed by atoms with Crippen LogP contribution in [0.15, 0.2) is 77.5 Å². The molecule has 228 valence electrons. The summed E-state index contributed by atoms with van der Waals surface area (Å²) < 4.78 is 34.3. The number of oxazole rings is 1. The molecule has 4 aromatic heterocycles. The van der Waals surface area contributed by atoms with Gasteiger partial charge in [0.15, 0.2) is 11.4 Å². The molecule has 1 fully saturated rings. The van der Waals surface area contributed by atoms with Crippen LogP contribution in [0.4, 0.5) is 8.78 Å². The molecule has 1 aliphatic rings. The molecule has 14 heteroatoms. The molecule has 1 atom stereocenters. The second-order valence-corrected chi connectivity index (χ2v) is 10.8. The number of tetrazole rings is 1. The number of fused-ring (bicyclic) bond motifs is 1. The topological polar surface area (TPSA) is 124 Å². The van der Waals surface area contributed by atoms with E-state index in [2.05, 4.69) is 30.4 Å². The van der Waals surface area contributed by atoms with Crippen LogP contribution in [0.5, 0.6) is 0 Å². The van der Waals surface area contributed by atoms with E-state index in [1.54, 1.807) is 23.2 Å². The zero-order chi connectivity index (χ0) is 31.1. The first kappa shape index (κ1) is 28.4. The Morgan fingerprint density at radius 1 is 0.978 bits per heavy atom. The van der Waals surface area contributed by atoms with E-state index < -0.39 is 12.6 Å². The fourth-order valence-electron chi connectivity index (χ4n) is 5.61. The van der Waals surface area contributed by atoms with Crippen molar-refractivity contribution in [2.24, 2.45) is 7.05 Å². The van der Waals surface area contributed by atoms with Gasteiger partial charge in [-0.05, 0) is 47.5 Å². The maximum Gasteiger partial charge on any atom is 0.350 e. The van der Waals surface area contributed by atoms with Crippen molar-refractivity contribution in [2.75, 3.05) is 26.2 Å². The molecule has 0 radical (unpaired) electrons. The third kappa shape index (κ3) is 5.44. The number of piperazine rings is 1. The molecule has 0 bridgehead atoms. The Morgan fingerprint density at radius 2 is 1.78 bits per heavy atom. The first-order chi connectivity index (χ1) is 21.9. The highest BCUT2D eigenvalue weighted by Crippen LogP contribution is 2.31. The van der Waals surface area contributed by atoms with Crippen LogP contribution < -0.4 is 0 Å². The Kier molecular flexibility index (Phi) is 7.33. The fraction of sp³-hybridized carbons (Fsp3) is 0.258. The van der Waals surface area contributed by atoms with Crippen molar-refractivity contribution in [1.82, 2.24) is 49.8 Å². The largest absolute Gasteiger partial charge is 0.436 e. The van der Waals surface area contributed by atoms with E-state index in [0.29, 0.717) is 53.5 Å². The first-order valence-corrected chi connectivity index (χ1v) is 14.4. The van der Waals surface area contributed by atoms with Crippen molar-refractivity contribution in [3.05, 3.63) is 95.8 Å². The van der Waals surface area contributed by atoms with Crippen molar-refractivity contribution >= 4 is 17.0 Å². The molecule has 0 aliphatic carbocycles. The van der Waals surface area contributed by atoms with Crippen LogP contribution in [-0.4, -0.2) is 81.8 Å². The van der Waals surface area contributed by atoms with E-state index >= 15 is 0 Å². The van der Waals surface area contributed by atoms with E-state index in [0.717, 1.165) is 22.4 Å². The lowest BCUT2D eigenvalue weighted by Gasteiger charge is -2.38. The number of benzene rings is 2. The van der Waals surface area contributed by atoms with Crippen molar-refractivity contribution in [1.29, 1.82) is 0 Å². The summed E-state index contributed by atoms with van der Waals surface area (Å²) >= 11 is 0. The van der Waals surface area contributed by atoms with Crippen LogP contribution in [0.1, 0.15) is 40.2 Å². The van der Waals surface area contributed by atoms with Gasteiger partial charge in [-0.15, -0.1) is 10.2 Å². The van der Waals surface area contributed by atoms with Crippen LogP contribution in [0, 0.1) is 6.92 Å². The highest BCUT2D eigenvalue weighted by Gasteiger charge is 2.32. The number of nitrogens with zero attached hydrogens (tertiary/aromatic N) is 10. The summed E-state index contributed by atoms with van der Waals surface area (Å²) in [6, 6.07) is 18.2. The monoisotopic (exact) mass is 610 g/mol. The quantitative estimate of drug-likeness (QED) is 0.257. The van der Waals surface area contributed by atoms with E-state index in [4.69, 9.17) is 9.40 Å². The molecule has 7 rings (SSSR count). The number of aryl methyl sites for hydroxylation is 1. The van der Waals surface area contributed by atoms with Crippen LogP contribution >= 0.6 is 0 Å². The normalized spacial score (nSPS) is 14.8. The summed E-state index contributed by atoms with van der Waals surface area (Å²) in [4.78, 5) is 26.7. The number of hydrogen-bond acceptors (Lipinski definition) is 9. The van der Waals surface area contributed by atoms with Gasteiger partial charge in [0.05, 0.1) is 12.2 Å². The van der Waals surface area contributed by atoms with Gasteiger partial charge in [0, 0.05) is 56.2 Å². The number of alkyl halides is 2. The number of carbonyl (C=O) groups is 1. The van der Waals surface area contributed by atoms with E-state index in [1.165, 1.54) is 0 Å². The second kappa shape index (κ2) is 11.6. The van der Waals surface area contributed by atoms with Crippen molar-refractivity contribution in [3.8, 4) is 22.6 Å². The van der Waals surface area contributed by atoms with Gasteiger partial charge in [-0.1, -0.05) is 41.2 Å². The van der Waals surface area contributed by atoms with E-state index in [1.807, 2.05) is 73.4 Å². The van der Waals surface area contributed by atoms with Gasteiger partial charge >= 0.3 is 6.55 Å². The Morgan fingerprint density at radius 3 is 2.49 bits per heavy atom. The molecular formula is C31H28F2N10O2. The summed E-state index contributed by atoms with van der Waals surface area (Å²) in [6.45, 7) is 0.865. The lowest BCUT2D eigenvalue weighted by Crippen LogP contribution is -2.50. The Hall–Kier alpha value is -5.37. The minimum atomic E-state index is -2.89. The summed E-state index contributed by atoms with van der Waals surface area (Å²) in [5.74, 6) is 0.345. The lowest BCUT2D eigenvalue weighted by molar-refractivity contribution is 0.0385. The van der Waals surface area contributed by atoms with Crippen molar-refractivity contribution in [2.45, 2.75) is 19.5 Å². The molecule has 5 heterocycles. The van der Waals surface area contributed by atoms with Gasteiger partial charge in [0.1, 0.15) is 11.2 Å². The van der Waals surface area contributed by atoms with Gasteiger partial charge in [0.2, 0.25) is 5.89 Å². The lowest BCUT2D eigenvalue weighted by atomic mass is 10.0. The minimum absolute atomic E-state index is 0.177. The highest BCUT2D eigenvalue weighted by molar-refractivity contribution is 5.93. The molecule has 1 saturated heterocycles. The predicted molar refractivity (Wildman–Crippen MR) is 159 cm³/mol. The molecule has 0 spiro atoms. The fourth-order valence-corrected chi connectivity index (χ4v) is 5.61. The molecule has 1 aliphatic heterocycles. The third-order valence-corrected chi connectivity index (χ3v) is 8.10. The molecular weight excluding hydrogens is 582 g/mol. The summed E-state index contributed by atoms with van der Waals surface area (Å²) in [6.07, 6.45) is 3.40. The second-order valence-electron chi connectivity index (χ2n) is 10.8. The number of pyridine rings is 1. The average Bonchev–Trinajstić information content (AvgIpc) is 3.81. The van der Waals surface area contributed by atoms with Crippen molar-refractivity contribution in [3.63, 3.8) is 0 Å². The summed E-state index contributed by atoms with van der Waals surface area (Å²) in [5, 5.41) is 15.7. The van der Waals surface area contributed by atoms with Gasteiger partial charge in [-0.2, -0.15) is 13.9 Å². The van der Waals surface area contributed by atoms with Gasteiger partial charge in [-0.25, -0.2) is 4.98 Å². The smallest absolute Gasteiger partial charge is 0.350 e. The highest BCUT2D eigenvalue weighted by atomic mass is 19.3. The van der Waals surface area contributed by atoms with Crippen LogP contribution in [0.3, 0.4) is 0 Å². The van der Waals surface area contributed by atoms with Gasteiger partial charge in [0.25, 0.3) is 5.91 Å². The van der Waals surface area contributed by atoms with E-state index in [9.17, 15) is 13.6 Å². The Labute approximate surface area is 255 Å². The molecule has 12 nitrogen and oxygen atoms in total. The minimum Gasteiger partial charge on any atom is -0.436 e. The van der Waals surface area contributed by atoms with Crippen LogP contribution in [0.25, 0.3) is 33.7 Å². The number of amides is 1. The Balaban J connectivity index is 1.08. The zero-order valence-corrected chi connectivity index (χ0v) is 24.5. The maximum atomic E-state index is 13.6. The number of aromatic nitrogens is 8. The van der Waals surface area contributed by atoms with Gasteiger partial charge in [-0.3, -0.25) is 19.4 Å². The molecule has 45 heavy (non-hydrogen) atoms. The van der Waals surface area contributed by atoms with Crippen molar-refractivity contribution < 1.29 is 18.0 Å². The van der Waals surface area contributed by atoms with Gasteiger partial charge < -0.3 is 9.32 Å². The molecule has 1 amide bonds. The third-order valence-electron chi connectivity index (χ3n) is 8.10. The standard InChI is InChI=1S/C31H28F2N10O2/c1-19-23(18-35-40(19)2)21-8-9-26-24(16-21)36-29(45-26)22-10-11-34-25(17-22)30(44)42-14-12-41(13-15-42)27(20-6-4-3-5-7-20)28-37-39-43(38-28)31(32)33/h3-11,16-18,27,31H,12-15H2,1-2H3/t27-/m1/s1. The predicted octanol–water partition coefficient (Wildman–Crippen LogP) is 4.53. The molecule has 2 aromatic carbocycles. The molecule has 0 N–H and O–H groups in total. The number of halogens is 2. The summed E-state index contributed by atoms with van der Waals surface area (Å²) in [7, 11) is 1.90. The Bertz CT molecular complexity index is 1980. The number of carbonyl (C=O) groups excluding carboxylic acids is 1. The SMILES string of the molecule is Cc1c(-c2ccc3oc(-c4ccnc(C(=O)N5CCN([C@H](c6ccccc6)c6nnn(C(F)F)n6)CC5)c4)nc3c2)cnn1C. The van der Waals surface area contributed by atoms with Crippen LogP contribution in [-0.2, 0) is 7.05 Å². The molecule has 6 aromatic rings. The molecule has 0 saturated carbocycles. The summed E-state index contributed by atoms with van der Waals surface area (Å²) in [5.41, 5.74) is 6.14. The maximum absolute atomic E-state index is 13.6. The first-order valence-electron chi connectivity index (χ1n) is 14.4. The number of hydrogen-bond donors (Lipinski definition) is 0. The average molecular weight is 611 g/mol. The van der Waals surface area contributed by atoms with E-state index in [-0.39, 0.29) is 17.4 Å². The van der Waals surface area contributed by atoms with Crippen LogP contribution in [0.2, 0.25) is 0 Å². The zero-order valence-electron chi connectivity index (χ0n) is 24.5. The number of rotatable bonds is 7. The molecule has 0 unspecified atom stereocenters.